The summed E-state index contributed by atoms with van der Waals surface area (Å²) in [6.45, 7) is 4.49. The number of aryl methyl sites for hydroxylation is 1. The molecule has 1 amide bonds. The van der Waals surface area contributed by atoms with Crippen molar-refractivity contribution in [2.75, 3.05) is 24.5 Å². The number of carbonyl (C=O) groups excluding carboxylic acids is 1. The van der Waals surface area contributed by atoms with Crippen LogP contribution in [0.4, 0.5) is 5.82 Å². The van der Waals surface area contributed by atoms with E-state index in [-0.39, 0.29) is 5.91 Å². The maximum Gasteiger partial charge on any atom is 0.274 e. The van der Waals surface area contributed by atoms with Gasteiger partial charge in [-0.15, -0.1) is 0 Å². The summed E-state index contributed by atoms with van der Waals surface area (Å²) in [6.07, 6.45) is 8.29. The molecule has 130 valence electrons. The standard InChI is InChI=1S/C19H23N5O/c1-14-12-22-16(13-21-14)19(25)23-9-5-15-6-11-24(17(15)7-10-23)18-4-2-3-8-20-18/h2-4,8,12-13,15,17H,5-7,9-11H2,1H3/t15-,17+/m0/s1. The molecule has 4 rings (SSSR count). The van der Waals surface area contributed by atoms with Gasteiger partial charge in [-0.1, -0.05) is 6.07 Å². The Bertz CT molecular complexity index is 733. The number of hydrogen-bond donors (Lipinski definition) is 0. The molecule has 0 aliphatic carbocycles. The lowest BCUT2D eigenvalue weighted by molar-refractivity contribution is 0.0752. The second kappa shape index (κ2) is 6.78. The first-order valence-electron chi connectivity index (χ1n) is 8.98. The molecule has 0 bridgehead atoms. The number of carbonyl (C=O) groups is 1. The van der Waals surface area contributed by atoms with Crippen molar-refractivity contribution in [3.63, 3.8) is 0 Å². The fraction of sp³-hybridized carbons (Fsp3) is 0.474. The molecule has 2 aliphatic rings. The predicted octanol–water partition coefficient (Wildman–Crippen LogP) is 2.31. The molecule has 6 nitrogen and oxygen atoms in total. The number of nitrogens with zero attached hydrogens (tertiary/aromatic N) is 5. The lowest BCUT2D eigenvalue weighted by Crippen LogP contribution is -2.36. The summed E-state index contributed by atoms with van der Waals surface area (Å²) in [4.78, 5) is 30.1. The van der Waals surface area contributed by atoms with E-state index < -0.39 is 0 Å². The second-order valence-electron chi connectivity index (χ2n) is 6.91. The van der Waals surface area contributed by atoms with Crippen LogP contribution >= 0.6 is 0 Å². The zero-order valence-corrected chi connectivity index (χ0v) is 14.5. The Labute approximate surface area is 147 Å². The molecule has 6 heteroatoms. The average molecular weight is 337 g/mol. The van der Waals surface area contributed by atoms with Crippen LogP contribution in [-0.2, 0) is 0 Å². The van der Waals surface area contributed by atoms with Gasteiger partial charge in [-0.25, -0.2) is 9.97 Å². The largest absolute Gasteiger partial charge is 0.353 e. The number of fused-ring (bicyclic) bond motifs is 1. The molecule has 2 atom stereocenters. The Morgan fingerprint density at radius 3 is 2.64 bits per heavy atom. The van der Waals surface area contributed by atoms with Crippen molar-refractivity contribution < 1.29 is 4.79 Å². The van der Waals surface area contributed by atoms with Gasteiger partial charge in [0.05, 0.1) is 11.9 Å². The van der Waals surface area contributed by atoms with Gasteiger partial charge in [0.2, 0.25) is 0 Å². The number of aromatic nitrogens is 3. The number of rotatable bonds is 2. The second-order valence-corrected chi connectivity index (χ2v) is 6.91. The minimum absolute atomic E-state index is 0.00291. The van der Waals surface area contributed by atoms with Gasteiger partial charge < -0.3 is 9.80 Å². The topological polar surface area (TPSA) is 62.2 Å². The third-order valence-electron chi connectivity index (χ3n) is 5.38. The Morgan fingerprint density at radius 2 is 1.88 bits per heavy atom. The van der Waals surface area contributed by atoms with Crippen molar-refractivity contribution in [1.29, 1.82) is 0 Å². The molecule has 2 fully saturated rings. The van der Waals surface area contributed by atoms with E-state index in [0.717, 1.165) is 44.0 Å². The van der Waals surface area contributed by atoms with E-state index in [0.29, 0.717) is 17.7 Å². The fourth-order valence-corrected chi connectivity index (χ4v) is 4.04. The summed E-state index contributed by atoms with van der Waals surface area (Å²) in [6, 6.07) is 6.54. The maximum atomic E-state index is 12.7. The maximum absolute atomic E-state index is 12.7. The lowest BCUT2D eigenvalue weighted by atomic mass is 9.96. The number of anilines is 1. The molecule has 4 heterocycles. The van der Waals surface area contributed by atoms with Crippen LogP contribution in [0, 0.1) is 12.8 Å². The van der Waals surface area contributed by atoms with Crippen LogP contribution in [-0.4, -0.2) is 51.4 Å². The van der Waals surface area contributed by atoms with Crippen molar-refractivity contribution in [2.24, 2.45) is 5.92 Å². The van der Waals surface area contributed by atoms with E-state index in [1.807, 2.05) is 30.2 Å². The highest BCUT2D eigenvalue weighted by atomic mass is 16.2. The molecule has 0 radical (unpaired) electrons. The summed E-state index contributed by atoms with van der Waals surface area (Å²) in [5, 5.41) is 0. The zero-order valence-electron chi connectivity index (χ0n) is 14.5. The third-order valence-corrected chi connectivity index (χ3v) is 5.38. The Kier molecular flexibility index (Phi) is 4.34. The Morgan fingerprint density at radius 1 is 1.04 bits per heavy atom. The normalized spacial score (nSPS) is 23.2. The van der Waals surface area contributed by atoms with Crippen LogP contribution < -0.4 is 4.90 Å². The van der Waals surface area contributed by atoms with Gasteiger partial charge in [0.15, 0.2) is 0 Å². The van der Waals surface area contributed by atoms with Gasteiger partial charge in [0.25, 0.3) is 5.91 Å². The molecule has 0 saturated carbocycles. The van der Waals surface area contributed by atoms with Crippen molar-refractivity contribution >= 4 is 11.7 Å². The summed E-state index contributed by atoms with van der Waals surface area (Å²) in [5.41, 5.74) is 1.27. The minimum atomic E-state index is -0.00291. The summed E-state index contributed by atoms with van der Waals surface area (Å²) < 4.78 is 0. The number of amides is 1. The molecule has 0 spiro atoms. The number of likely N-dealkylation sites (tertiary alicyclic amines) is 1. The third kappa shape index (κ3) is 3.21. The van der Waals surface area contributed by atoms with Crippen molar-refractivity contribution in [3.8, 4) is 0 Å². The first kappa shape index (κ1) is 16.0. The molecule has 25 heavy (non-hydrogen) atoms. The summed E-state index contributed by atoms with van der Waals surface area (Å²) >= 11 is 0. The lowest BCUT2D eigenvalue weighted by Gasteiger charge is -2.28. The van der Waals surface area contributed by atoms with Crippen LogP contribution in [0.2, 0.25) is 0 Å². The van der Waals surface area contributed by atoms with E-state index in [9.17, 15) is 4.79 Å². The highest BCUT2D eigenvalue weighted by molar-refractivity contribution is 5.92. The first-order chi connectivity index (χ1) is 12.2. The average Bonchev–Trinajstić information content (AvgIpc) is 2.94. The fourth-order valence-electron chi connectivity index (χ4n) is 4.04. The van der Waals surface area contributed by atoms with Gasteiger partial charge >= 0.3 is 0 Å². The van der Waals surface area contributed by atoms with Crippen molar-refractivity contribution in [1.82, 2.24) is 19.9 Å². The van der Waals surface area contributed by atoms with Crippen LogP contribution in [0.15, 0.2) is 36.8 Å². The number of hydrogen-bond acceptors (Lipinski definition) is 5. The quantitative estimate of drug-likeness (QED) is 0.841. The van der Waals surface area contributed by atoms with Gasteiger partial charge in [0, 0.05) is 38.1 Å². The van der Waals surface area contributed by atoms with Crippen LogP contribution in [0.1, 0.15) is 35.4 Å². The van der Waals surface area contributed by atoms with Gasteiger partial charge in [0.1, 0.15) is 11.5 Å². The van der Waals surface area contributed by atoms with E-state index in [2.05, 4.69) is 25.9 Å². The molecule has 0 unspecified atom stereocenters. The molecular formula is C19H23N5O. The minimum Gasteiger partial charge on any atom is -0.353 e. The van der Waals surface area contributed by atoms with Crippen LogP contribution in [0.25, 0.3) is 0 Å². The van der Waals surface area contributed by atoms with E-state index in [4.69, 9.17) is 0 Å². The van der Waals surface area contributed by atoms with Gasteiger partial charge in [-0.2, -0.15) is 0 Å². The van der Waals surface area contributed by atoms with E-state index in [1.165, 1.54) is 6.42 Å². The summed E-state index contributed by atoms with van der Waals surface area (Å²) in [7, 11) is 0. The summed E-state index contributed by atoms with van der Waals surface area (Å²) in [5.74, 6) is 1.68. The SMILES string of the molecule is Cc1cnc(C(=O)N2CC[C@H]3CCN(c4ccccn4)[C@@H]3CC2)cn1. The Hall–Kier alpha value is -2.50. The molecule has 2 saturated heterocycles. The molecule has 2 aromatic heterocycles. The molecule has 2 aromatic rings. The van der Waals surface area contributed by atoms with Crippen molar-refractivity contribution in [2.45, 2.75) is 32.2 Å². The Balaban J connectivity index is 1.47. The predicted molar refractivity (Wildman–Crippen MR) is 95.4 cm³/mol. The molecule has 2 aliphatic heterocycles. The van der Waals surface area contributed by atoms with Crippen LogP contribution in [0.5, 0.6) is 0 Å². The zero-order chi connectivity index (χ0) is 17.2. The monoisotopic (exact) mass is 337 g/mol. The molecule has 0 aromatic carbocycles. The van der Waals surface area contributed by atoms with Gasteiger partial charge in [-0.3, -0.25) is 9.78 Å². The smallest absolute Gasteiger partial charge is 0.274 e. The highest BCUT2D eigenvalue weighted by Crippen LogP contribution is 2.34. The van der Waals surface area contributed by atoms with Crippen LogP contribution in [0.3, 0.4) is 0 Å². The molecular weight excluding hydrogens is 314 g/mol. The van der Waals surface area contributed by atoms with E-state index >= 15 is 0 Å². The van der Waals surface area contributed by atoms with Gasteiger partial charge in [-0.05, 0) is 44.2 Å². The molecule has 0 N–H and O–H groups in total. The van der Waals surface area contributed by atoms with E-state index in [1.54, 1.807) is 12.4 Å². The first-order valence-corrected chi connectivity index (χ1v) is 8.98. The number of pyridine rings is 1. The van der Waals surface area contributed by atoms with Crippen molar-refractivity contribution in [3.05, 3.63) is 48.2 Å². The highest BCUT2D eigenvalue weighted by Gasteiger charge is 2.37.